The lowest BCUT2D eigenvalue weighted by Crippen LogP contribution is -2.53. The van der Waals surface area contributed by atoms with E-state index in [2.05, 4.69) is 42.6 Å². The summed E-state index contributed by atoms with van der Waals surface area (Å²) >= 11 is 0. The third-order valence-electron chi connectivity index (χ3n) is 3.92. The van der Waals surface area contributed by atoms with Crippen LogP contribution in [0.5, 0.6) is 0 Å². The van der Waals surface area contributed by atoms with Gasteiger partial charge >= 0.3 is 0 Å². The predicted octanol–water partition coefficient (Wildman–Crippen LogP) is 1.95. The quantitative estimate of drug-likeness (QED) is 0.701. The molecule has 16 heavy (non-hydrogen) atoms. The van der Waals surface area contributed by atoms with Crippen LogP contribution in [0.4, 0.5) is 0 Å². The molecule has 82 valence electrons. The fraction of sp³-hybridized carbons (Fsp3) is 0.357. The van der Waals surface area contributed by atoms with Crippen LogP contribution < -0.4 is 5.32 Å². The Morgan fingerprint density at radius 1 is 1.38 bits per heavy atom. The predicted molar refractivity (Wildman–Crippen MR) is 63.2 cm³/mol. The Balaban J connectivity index is 2.16. The van der Waals surface area contributed by atoms with Gasteiger partial charge in [-0.25, -0.2) is 0 Å². The third-order valence-corrected chi connectivity index (χ3v) is 3.92. The van der Waals surface area contributed by atoms with Crippen molar-refractivity contribution in [2.24, 2.45) is 0 Å². The summed E-state index contributed by atoms with van der Waals surface area (Å²) in [6.07, 6.45) is 5.82. The highest BCUT2D eigenvalue weighted by Crippen LogP contribution is 2.39. The van der Waals surface area contributed by atoms with Gasteiger partial charge < -0.3 is 5.32 Å². The fourth-order valence-electron chi connectivity index (χ4n) is 2.95. The van der Waals surface area contributed by atoms with Gasteiger partial charge in [0.05, 0.1) is 0 Å². The van der Waals surface area contributed by atoms with Gasteiger partial charge in [0.2, 0.25) is 5.91 Å². The molecule has 0 aromatic heterocycles. The van der Waals surface area contributed by atoms with Crippen LogP contribution in [-0.4, -0.2) is 11.9 Å². The van der Waals surface area contributed by atoms with Crippen molar-refractivity contribution in [1.82, 2.24) is 5.32 Å². The minimum Gasteiger partial charge on any atom is -0.349 e. The number of benzene rings is 1. The van der Waals surface area contributed by atoms with Gasteiger partial charge in [0.1, 0.15) is 0 Å². The van der Waals surface area contributed by atoms with Gasteiger partial charge in [0.15, 0.2) is 0 Å². The van der Waals surface area contributed by atoms with E-state index < -0.39 is 0 Å². The molecule has 1 aliphatic carbocycles. The molecule has 2 unspecified atom stereocenters. The summed E-state index contributed by atoms with van der Waals surface area (Å²) < 4.78 is 0. The Morgan fingerprint density at radius 2 is 2.19 bits per heavy atom. The molecule has 1 aromatic rings. The molecule has 1 amide bonds. The zero-order chi connectivity index (χ0) is 11.2. The molecule has 1 aromatic carbocycles. The van der Waals surface area contributed by atoms with Gasteiger partial charge in [-0.05, 0) is 37.0 Å². The van der Waals surface area contributed by atoms with Gasteiger partial charge in [-0.2, -0.15) is 0 Å². The highest BCUT2D eigenvalue weighted by atomic mass is 16.1. The summed E-state index contributed by atoms with van der Waals surface area (Å²) in [4.78, 5) is 11.4. The number of aryl methyl sites for hydroxylation is 1. The molecule has 2 nitrogen and oxygen atoms in total. The standard InChI is InChI=1S/C14H15NO/c1-14-9-8-13(16)15-12(14)7-6-10-4-2-3-5-11(10)14/h2-5,8-9,12H,6-7H2,1H3,(H,15,16). The van der Waals surface area contributed by atoms with E-state index in [0.29, 0.717) is 0 Å². The van der Waals surface area contributed by atoms with E-state index in [1.54, 1.807) is 6.08 Å². The maximum atomic E-state index is 11.4. The first-order chi connectivity index (χ1) is 7.70. The van der Waals surface area contributed by atoms with Crippen LogP contribution in [0.15, 0.2) is 36.4 Å². The van der Waals surface area contributed by atoms with Crippen molar-refractivity contribution >= 4 is 5.91 Å². The molecule has 0 fully saturated rings. The topological polar surface area (TPSA) is 29.1 Å². The number of carbonyl (C=O) groups excluding carboxylic acids is 1. The van der Waals surface area contributed by atoms with E-state index >= 15 is 0 Å². The highest BCUT2D eigenvalue weighted by Gasteiger charge is 2.40. The Morgan fingerprint density at radius 3 is 3.06 bits per heavy atom. The minimum absolute atomic E-state index is 0.0250. The van der Waals surface area contributed by atoms with Crippen molar-refractivity contribution in [3.63, 3.8) is 0 Å². The van der Waals surface area contributed by atoms with E-state index in [1.165, 1.54) is 11.1 Å². The molecule has 0 bridgehead atoms. The van der Waals surface area contributed by atoms with Crippen LogP contribution in [0, 0.1) is 0 Å². The first kappa shape index (κ1) is 9.64. The summed E-state index contributed by atoms with van der Waals surface area (Å²) in [6.45, 7) is 2.21. The average molecular weight is 213 g/mol. The van der Waals surface area contributed by atoms with Crippen molar-refractivity contribution < 1.29 is 4.79 Å². The largest absolute Gasteiger partial charge is 0.349 e. The molecule has 0 saturated carbocycles. The SMILES string of the molecule is CC12C=CC(=O)NC1CCc1ccccc12. The number of amides is 1. The van der Waals surface area contributed by atoms with Crippen LogP contribution in [0.1, 0.15) is 24.5 Å². The van der Waals surface area contributed by atoms with Gasteiger partial charge in [-0.3, -0.25) is 4.79 Å². The number of hydrogen-bond acceptors (Lipinski definition) is 1. The van der Waals surface area contributed by atoms with Crippen LogP contribution in [0.2, 0.25) is 0 Å². The molecule has 2 aliphatic rings. The number of nitrogens with one attached hydrogen (secondary N) is 1. The van der Waals surface area contributed by atoms with E-state index in [4.69, 9.17) is 0 Å². The zero-order valence-electron chi connectivity index (χ0n) is 9.36. The van der Waals surface area contributed by atoms with Gasteiger partial charge in [0.25, 0.3) is 0 Å². The van der Waals surface area contributed by atoms with Crippen LogP contribution >= 0.6 is 0 Å². The smallest absolute Gasteiger partial charge is 0.243 e. The lowest BCUT2D eigenvalue weighted by atomic mass is 9.66. The molecular weight excluding hydrogens is 198 g/mol. The normalized spacial score (nSPS) is 31.6. The first-order valence-electron chi connectivity index (χ1n) is 5.78. The summed E-state index contributed by atoms with van der Waals surface area (Å²) in [5.41, 5.74) is 2.76. The Hall–Kier alpha value is -1.57. The molecule has 2 heteroatoms. The second-order valence-electron chi connectivity index (χ2n) is 4.87. The lowest BCUT2D eigenvalue weighted by Gasteiger charge is -2.43. The van der Waals surface area contributed by atoms with E-state index in [0.717, 1.165) is 12.8 Å². The Bertz CT molecular complexity index is 477. The molecule has 3 rings (SSSR count). The van der Waals surface area contributed by atoms with Crippen molar-refractivity contribution in [3.05, 3.63) is 47.5 Å². The van der Waals surface area contributed by atoms with Gasteiger partial charge in [-0.1, -0.05) is 30.3 Å². The molecule has 2 atom stereocenters. The fourth-order valence-corrected chi connectivity index (χ4v) is 2.95. The Kier molecular flexibility index (Phi) is 1.93. The maximum Gasteiger partial charge on any atom is 0.243 e. The number of fused-ring (bicyclic) bond motifs is 3. The molecular formula is C14H15NO. The van der Waals surface area contributed by atoms with Gasteiger partial charge in [0, 0.05) is 11.5 Å². The molecule has 1 heterocycles. The van der Waals surface area contributed by atoms with Gasteiger partial charge in [-0.15, -0.1) is 0 Å². The summed E-state index contributed by atoms with van der Waals surface area (Å²) in [6, 6.07) is 8.80. The van der Waals surface area contributed by atoms with Crippen molar-refractivity contribution in [3.8, 4) is 0 Å². The molecule has 1 aliphatic heterocycles. The van der Waals surface area contributed by atoms with E-state index in [-0.39, 0.29) is 17.4 Å². The molecule has 0 radical (unpaired) electrons. The highest BCUT2D eigenvalue weighted by molar-refractivity contribution is 5.89. The number of carbonyl (C=O) groups is 1. The third kappa shape index (κ3) is 1.22. The lowest BCUT2D eigenvalue weighted by molar-refractivity contribution is -0.118. The summed E-state index contributed by atoms with van der Waals surface area (Å²) in [7, 11) is 0. The Labute approximate surface area is 95.4 Å². The molecule has 0 spiro atoms. The van der Waals surface area contributed by atoms with E-state index in [9.17, 15) is 4.79 Å². The molecule has 1 N–H and O–H groups in total. The second kappa shape index (κ2) is 3.21. The first-order valence-corrected chi connectivity index (χ1v) is 5.78. The summed E-state index contributed by atoms with van der Waals surface area (Å²) in [5.74, 6) is 0.0434. The maximum absolute atomic E-state index is 11.4. The van der Waals surface area contributed by atoms with E-state index in [1.807, 2.05) is 0 Å². The van der Waals surface area contributed by atoms with Crippen LogP contribution in [0.25, 0.3) is 0 Å². The van der Waals surface area contributed by atoms with Crippen molar-refractivity contribution in [2.45, 2.75) is 31.2 Å². The zero-order valence-corrected chi connectivity index (χ0v) is 9.36. The minimum atomic E-state index is -0.0250. The van der Waals surface area contributed by atoms with Crippen molar-refractivity contribution in [2.75, 3.05) is 0 Å². The monoisotopic (exact) mass is 213 g/mol. The number of rotatable bonds is 0. The average Bonchev–Trinajstić information content (AvgIpc) is 2.31. The van der Waals surface area contributed by atoms with Crippen molar-refractivity contribution in [1.29, 1.82) is 0 Å². The number of hydrogen-bond donors (Lipinski definition) is 1. The molecule has 0 saturated heterocycles. The summed E-state index contributed by atoms with van der Waals surface area (Å²) in [5, 5.41) is 3.07. The second-order valence-corrected chi connectivity index (χ2v) is 4.87. The van der Waals surface area contributed by atoms with Crippen LogP contribution in [-0.2, 0) is 16.6 Å². The van der Waals surface area contributed by atoms with Crippen LogP contribution in [0.3, 0.4) is 0 Å².